The van der Waals surface area contributed by atoms with Gasteiger partial charge in [0.05, 0.1) is 6.67 Å². The average Bonchev–Trinajstić information content (AvgIpc) is 3.49. The maximum Gasteiger partial charge on any atom is 0.280 e. The number of nitrogens with one attached hydrogen (secondary N) is 1. The molecule has 1 aliphatic heterocycles. The van der Waals surface area contributed by atoms with Crippen molar-refractivity contribution in [2.45, 2.75) is 52.5 Å². The Labute approximate surface area is 197 Å². The first-order valence-corrected chi connectivity index (χ1v) is 11.5. The van der Waals surface area contributed by atoms with Crippen molar-refractivity contribution < 1.29 is 13.6 Å². The minimum Gasteiger partial charge on any atom is -0.351 e. The summed E-state index contributed by atoms with van der Waals surface area (Å²) in [4.78, 5) is 15.7. The van der Waals surface area contributed by atoms with Gasteiger partial charge in [-0.15, -0.1) is 5.10 Å². The molecule has 7 nitrogen and oxygen atoms in total. The first-order valence-electron chi connectivity index (χ1n) is 11.5. The molecule has 1 aromatic heterocycles. The van der Waals surface area contributed by atoms with E-state index in [1.165, 1.54) is 4.90 Å². The highest BCUT2D eigenvalue weighted by Gasteiger charge is 2.36. The number of carbonyl (C=O) groups is 1. The van der Waals surface area contributed by atoms with Crippen LogP contribution in [0.25, 0.3) is 22.5 Å². The highest BCUT2D eigenvalue weighted by Crippen LogP contribution is 2.34. The van der Waals surface area contributed by atoms with E-state index < -0.39 is 6.43 Å². The van der Waals surface area contributed by atoms with Crippen molar-refractivity contribution in [2.75, 3.05) is 6.67 Å². The number of nitrogens with zero attached hydrogens (tertiary/aromatic N) is 5. The summed E-state index contributed by atoms with van der Waals surface area (Å²) >= 11 is 0. The number of benzene rings is 2. The molecule has 178 valence electrons. The second-order valence-electron chi connectivity index (χ2n) is 8.29. The number of rotatable bonds is 9. The summed E-state index contributed by atoms with van der Waals surface area (Å²) in [6.07, 6.45) is -0.562. The SMILES string of the molecule is CCCC(=O)N1CN(Cc2ccc(-c3ccccc3-c3nnn[nH]3)cc2)C(CCC)=C1C(F)F. The minimum absolute atomic E-state index is 0.133. The minimum atomic E-state index is -2.68. The number of aromatic nitrogens is 4. The predicted molar refractivity (Wildman–Crippen MR) is 125 cm³/mol. The summed E-state index contributed by atoms with van der Waals surface area (Å²) in [5.41, 5.74) is 4.28. The molecule has 0 saturated carbocycles. The van der Waals surface area contributed by atoms with E-state index in [0.29, 0.717) is 30.9 Å². The van der Waals surface area contributed by atoms with E-state index in [9.17, 15) is 13.6 Å². The third-order valence-electron chi connectivity index (χ3n) is 5.90. The quantitative estimate of drug-likeness (QED) is 0.468. The molecule has 9 heteroatoms. The van der Waals surface area contributed by atoms with Crippen LogP contribution in [0.5, 0.6) is 0 Å². The second-order valence-corrected chi connectivity index (χ2v) is 8.29. The van der Waals surface area contributed by atoms with Crippen LogP contribution in [-0.2, 0) is 11.3 Å². The van der Waals surface area contributed by atoms with Crippen LogP contribution in [0.15, 0.2) is 59.9 Å². The van der Waals surface area contributed by atoms with Gasteiger partial charge in [-0.25, -0.2) is 13.9 Å². The molecule has 0 aliphatic carbocycles. The summed E-state index contributed by atoms with van der Waals surface area (Å²) in [7, 11) is 0. The third kappa shape index (κ3) is 4.83. The number of alkyl halides is 2. The normalized spacial score (nSPS) is 13.9. The molecule has 0 radical (unpaired) electrons. The average molecular weight is 467 g/mol. The molecule has 3 aromatic rings. The summed E-state index contributed by atoms with van der Waals surface area (Å²) in [6.45, 7) is 4.45. The third-order valence-corrected chi connectivity index (χ3v) is 5.90. The molecule has 1 amide bonds. The number of H-pyrrole nitrogens is 1. The summed E-state index contributed by atoms with van der Waals surface area (Å²) < 4.78 is 28.0. The van der Waals surface area contributed by atoms with Crippen LogP contribution in [0.1, 0.15) is 45.1 Å². The van der Waals surface area contributed by atoms with E-state index in [1.807, 2.05) is 67.3 Å². The number of halogens is 2. The van der Waals surface area contributed by atoms with E-state index in [4.69, 9.17) is 0 Å². The number of carbonyl (C=O) groups excluding carboxylic acids is 1. The van der Waals surface area contributed by atoms with Crippen LogP contribution in [0.4, 0.5) is 8.78 Å². The molecular formula is C25H28F2N6O. The molecule has 2 aromatic carbocycles. The van der Waals surface area contributed by atoms with Crippen LogP contribution >= 0.6 is 0 Å². The van der Waals surface area contributed by atoms with E-state index in [2.05, 4.69) is 20.6 Å². The highest BCUT2D eigenvalue weighted by atomic mass is 19.3. The lowest BCUT2D eigenvalue weighted by atomic mass is 9.98. The maximum absolute atomic E-state index is 14.0. The number of aromatic amines is 1. The molecule has 0 atom stereocenters. The summed E-state index contributed by atoms with van der Waals surface area (Å²) in [6, 6.07) is 15.8. The topological polar surface area (TPSA) is 78.0 Å². The van der Waals surface area contributed by atoms with Gasteiger partial charge in [-0.3, -0.25) is 9.69 Å². The number of hydrogen-bond donors (Lipinski definition) is 1. The van der Waals surface area contributed by atoms with Gasteiger partial charge in [-0.05, 0) is 40.0 Å². The first kappa shape index (κ1) is 23.5. The van der Waals surface area contributed by atoms with Gasteiger partial charge in [0.15, 0.2) is 5.82 Å². The van der Waals surface area contributed by atoms with Crippen molar-refractivity contribution in [3.8, 4) is 22.5 Å². The molecule has 34 heavy (non-hydrogen) atoms. The van der Waals surface area contributed by atoms with Gasteiger partial charge in [0.1, 0.15) is 5.70 Å². The van der Waals surface area contributed by atoms with Gasteiger partial charge in [-0.2, -0.15) is 0 Å². The van der Waals surface area contributed by atoms with Gasteiger partial charge < -0.3 is 4.90 Å². The standard InChI is InChI=1S/C25H28F2N6O/c1-3-7-21-23(24(26)27)33(22(34)8-4-2)16-32(21)15-17-11-13-18(14-12-17)19-9-5-6-10-20(19)25-28-30-31-29-25/h5-6,9-14,24H,3-4,7-8,15-16H2,1-2H3,(H,28,29,30,31). The van der Waals surface area contributed by atoms with Crippen LogP contribution in [-0.4, -0.2) is 49.4 Å². The molecule has 0 fully saturated rings. The lowest BCUT2D eigenvalue weighted by Crippen LogP contribution is -2.34. The van der Waals surface area contributed by atoms with Gasteiger partial charge in [0.2, 0.25) is 5.91 Å². The van der Waals surface area contributed by atoms with Crippen LogP contribution < -0.4 is 0 Å². The van der Waals surface area contributed by atoms with E-state index in [-0.39, 0.29) is 24.7 Å². The Morgan fingerprint density at radius 2 is 1.79 bits per heavy atom. The highest BCUT2D eigenvalue weighted by molar-refractivity contribution is 5.80. The Bertz CT molecular complexity index is 1140. The van der Waals surface area contributed by atoms with E-state index in [1.54, 1.807) is 0 Å². The van der Waals surface area contributed by atoms with Gasteiger partial charge in [-0.1, -0.05) is 68.8 Å². The van der Waals surface area contributed by atoms with E-state index in [0.717, 1.165) is 28.7 Å². The van der Waals surface area contributed by atoms with Crippen molar-refractivity contribution in [3.63, 3.8) is 0 Å². The summed E-state index contributed by atoms with van der Waals surface area (Å²) in [5, 5.41) is 14.1. The Hall–Kier alpha value is -3.62. The Morgan fingerprint density at radius 3 is 2.41 bits per heavy atom. The van der Waals surface area contributed by atoms with Gasteiger partial charge >= 0.3 is 0 Å². The van der Waals surface area contributed by atoms with Crippen LogP contribution in [0, 0.1) is 0 Å². The summed E-state index contributed by atoms with van der Waals surface area (Å²) in [5.74, 6) is 0.338. The van der Waals surface area contributed by atoms with Crippen molar-refractivity contribution in [1.82, 2.24) is 30.4 Å². The molecule has 0 unspecified atom stereocenters. The number of allylic oxidation sites excluding steroid dienone is 2. The first-order chi connectivity index (χ1) is 16.5. The molecule has 0 saturated heterocycles. The van der Waals surface area contributed by atoms with E-state index >= 15 is 0 Å². The molecule has 1 aliphatic rings. The molecular weight excluding hydrogens is 438 g/mol. The molecule has 0 spiro atoms. The zero-order valence-corrected chi connectivity index (χ0v) is 19.3. The Balaban J connectivity index is 1.58. The number of hydrogen-bond acceptors (Lipinski definition) is 5. The van der Waals surface area contributed by atoms with Crippen LogP contribution in [0.3, 0.4) is 0 Å². The van der Waals surface area contributed by atoms with Crippen molar-refractivity contribution in [2.24, 2.45) is 0 Å². The lowest BCUT2D eigenvalue weighted by molar-refractivity contribution is -0.130. The number of tetrazole rings is 1. The van der Waals surface area contributed by atoms with Crippen LogP contribution in [0.2, 0.25) is 0 Å². The van der Waals surface area contributed by atoms with Crippen molar-refractivity contribution in [1.29, 1.82) is 0 Å². The van der Waals surface area contributed by atoms with Crippen molar-refractivity contribution >= 4 is 5.91 Å². The number of amides is 1. The fraction of sp³-hybridized carbons (Fsp3) is 0.360. The van der Waals surface area contributed by atoms with Crippen molar-refractivity contribution in [3.05, 3.63) is 65.5 Å². The second kappa shape index (κ2) is 10.5. The Morgan fingerprint density at radius 1 is 1.06 bits per heavy atom. The maximum atomic E-state index is 14.0. The predicted octanol–water partition coefficient (Wildman–Crippen LogP) is 5.21. The van der Waals surface area contributed by atoms with Gasteiger partial charge in [0.25, 0.3) is 6.43 Å². The molecule has 4 rings (SSSR count). The molecule has 0 bridgehead atoms. The molecule has 1 N–H and O–H groups in total. The zero-order valence-electron chi connectivity index (χ0n) is 19.3. The zero-order chi connectivity index (χ0) is 24.1. The van der Waals surface area contributed by atoms with Gasteiger partial charge in [0, 0.05) is 24.2 Å². The fourth-order valence-corrected chi connectivity index (χ4v) is 4.35. The smallest absolute Gasteiger partial charge is 0.280 e. The molecule has 2 heterocycles. The Kier molecular flexibility index (Phi) is 7.30. The largest absolute Gasteiger partial charge is 0.351 e. The lowest BCUT2D eigenvalue weighted by Gasteiger charge is -2.23. The fourth-order valence-electron chi connectivity index (χ4n) is 4.35. The monoisotopic (exact) mass is 466 g/mol.